The predicted molar refractivity (Wildman–Crippen MR) is 78.3 cm³/mol. The maximum absolute atomic E-state index is 5.92. The van der Waals surface area contributed by atoms with Crippen LogP contribution in [0.15, 0.2) is 30.5 Å². The molecule has 0 aliphatic rings. The van der Waals surface area contributed by atoms with E-state index in [2.05, 4.69) is 9.88 Å². The first-order valence-electron chi connectivity index (χ1n) is 5.73. The van der Waals surface area contributed by atoms with Crippen LogP contribution in [0.5, 0.6) is 0 Å². The van der Waals surface area contributed by atoms with E-state index in [0.29, 0.717) is 0 Å². The summed E-state index contributed by atoms with van der Waals surface area (Å²) in [6.45, 7) is 2.77. The average molecular weight is 282 g/mol. The summed E-state index contributed by atoms with van der Waals surface area (Å²) in [5.41, 5.74) is 6.97. The molecular weight excluding hydrogens is 266 g/mol. The fourth-order valence-corrected chi connectivity index (χ4v) is 2.82. The Morgan fingerprint density at radius 3 is 2.83 bits per heavy atom. The molecule has 2 aromatic heterocycles. The zero-order valence-corrected chi connectivity index (χ0v) is 12.0. The summed E-state index contributed by atoms with van der Waals surface area (Å²) >= 11 is 7.52. The first-order chi connectivity index (χ1) is 8.56. The van der Waals surface area contributed by atoms with E-state index in [1.807, 2.05) is 38.2 Å². The van der Waals surface area contributed by atoms with Crippen LogP contribution < -0.4 is 10.6 Å². The van der Waals surface area contributed by atoms with E-state index < -0.39 is 0 Å². The van der Waals surface area contributed by atoms with Crippen molar-refractivity contribution in [1.29, 1.82) is 0 Å². The van der Waals surface area contributed by atoms with Crippen molar-refractivity contribution in [3.63, 3.8) is 0 Å². The fourth-order valence-electron chi connectivity index (χ4n) is 1.68. The molecule has 18 heavy (non-hydrogen) atoms. The maximum Gasteiger partial charge on any atom is 0.128 e. The van der Waals surface area contributed by atoms with Gasteiger partial charge in [0.25, 0.3) is 0 Å². The predicted octanol–water partition coefficient (Wildman–Crippen LogP) is 3.45. The summed E-state index contributed by atoms with van der Waals surface area (Å²) < 4.78 is 0.815. The molecule has 0 bridgehead atoms. The Morgan fingerprint density at radius 1 is 1.44 bits per heavy atom. The Morgan fingerprint density at radius 2 is 2.22 bits per heavy atom. The number of hydrogen-bond donors (Lipinski definition) is 1. The van der Waals surface area contributed by atoms with Crippen LogP contribution in [-0.2, 0) is 6.54 Å². The van der Waals surface area contributed by atoms with Gasteiger partial charge < -0.3 is 10.6 Å². The van der Waals surface area contributed by atoms with E-state index in [1.165, 1.54) is 4.88 Å². The number of halogens is 1. The van der Waals surface area contributed by atoms with Gasteiger partial charge in [-0.15, -0.1) is 11.3 Å². The van der Waals surface area contributed by atoms with Gasteiger partial charge in [0.05, 0.1) is 10.9 Å². The van der Waals surface area contributed by atoms with Crippen LogP contribution >= 0.6 is 22.9 Å². The number of thiophene rings is 1. The molecule has 2 heterocycles. The first-order valence-corrected chi connectivity index (χ1v) is 6.92. The van der Waals surface area contributed by atoms with Crippen LogP contribution in [0.2, 0.25) is 4.34 Å². The summed E-state index contributed by atoms with van der Waals surface area (Å²) in [6, 6.07) is 7.96. The Kier molecular flexibility index (Phi) is 4.22. The maximum atomic E-state index is 5.92. The molecule has 0 amide bonds. The van der Waals surface area contributed by atoms with Gasteiger partial charge in [-0.2, -0.15) is 0 Å². The van der Waals surface area contributed by atoms with Crippen molar-refractivity contribution in [1.82, 2.24) is 4.98 Å². The van der Waals surface area contributed by atoms with Crippen molar-refractivity contribution < 1.29 is 0 Å². The highest BCUT2D eigenvalue weighted by molar-refractivity contribution is 7.16. The number of nitrogens with zero attached hydrogens (tertiary/aromatic N) is 2. The second kappa shape index (κ2) is 5.69. The summed E-state index contributed by atoms with van der Waals surface area (Å²) in [5, 5.41) is 0. The number of aromatic nitrogens is 1. The smallest absolute Gasteiger partial charge is 0.128 e. The number of pyridine rings is 1. The van der Waals surface area contributed by atoms with Gasteiger partial charge in [0.15, 0.2) is 0 Å². The van der Waals surface area contributed by atoms with Crippen LogP contribution in [0.4, 0.5) is 5.82 Å². The van der Waals surface area contributed by atoms with Crippen molar-refractivity contribution in [3.8, 4) is 0 Å². The van der Waals surface area contributed by atoms with E-state index in [-0.39, 0.29) is 6.04 Å². The molecule has 0 spiro atoms. The summed E-state index contributed by atoms with van der Waals surface area (Å²) in [4.78, 5) is 7.68. The second-order valence-corrected chi connectivity index (χ2v) is 6.10. The van der Waals surface area contributed by atoms with E-state index in [0.717, 1.165) is 22.3 Å². The minimum Gasteiger partial charge on any atom is -0.355 e. The lowest BCUT2D eigenvalue weighted by atomic mass is 10.1. The van der Waals surface area contributed by atoms with Gasteiger partial charge in [0, 0.05) is 24.2 Å². The second-order valence-electron chi connectivity index (χ2n) is 4.30. The summed E-state index contributed by atoms with van der Waals surface area (Å²) in [7, 11) is 2.01. The molecule has 0 aliphatic carbocycles. The molecule has 2 N–H and O–H groups in total. The zero-order chi connectivity index (χ0) is 13.1. The van der Waals surface area contributed by atoms with Crippen LogP contribution in [0.3, 0.4) is 0 Å². The molecule has 5 heteroatoms. The van der Waals surface area contributed by atoms with Gasteiger partial charge in [0.1, 0.15) is 5.82 Å². The molecule has 1 atom stereocenters. The number of hydrogen-bond acceptors (Lipinski definition) is 4. The Balaban J connectivity index is 2.13. The third kappa shape index (κ3) is 3.22. The average Bonchev–Trinajstić information content (AvgIpc) is 2.75. The van der Waals surface area contributed by atoms with Crippen molar-refractivity contribution in [2.24, 2.45) is 5.73 Å². The lowest BCUT2D eigenvalue weighted by Gasteiger charge is -2.18. The topological polar surface area (TPSA) is 42.1 Å². The molecule has 0 fully saturated rings. The lowest BCUT2D eigenvalue weighted by molar-refractivity contribution is 0.810. The van der Waals surface area contributed by atoms with E-state index in [4.69, 9.17) is 17.3 Å². The van der Waals surface area contributed by atoms with Crippen LogP contribution in [0.1, 0.15) is 23.4 Å². The van der Waals surface area contributed by atoms with Gasteiger partial charge in [0.2, 0.25) is 0 Å². The molecule has 0 saturated carbocycles. The van der Waals surface area contributed by atoms with Gasteiger partial charge in [-0.05, 0) is 36.8 Å². The quantitative estimate of drug-likeness (QED) is 0.933. The van der Waals surface area contributed by atoms with Crippen molar-refractivity contribution in [2.75, 3.05) is 11.9 Å². The highest BCUT2D eigenvalue weighted by Crippen LogP contribution is 2.24. The first kappa shape index (κ1) is 13.3. The van der Waals surface area contributed by atoms with Gasteiger partial charge in [-0.1, -0.05) is 11.6 Å². The molecule has 0 saturated heterocycles. The minimum atomic E-state index is 0.0244. The number of anilines is 1. The molecule has 3 nitrogen and oxygen atoms in total. The standard InChI is InChI=1S/C13H16ClN3S/c1-9(15)10-5-6-16-13(7-10)17(2)8-11-3-4-12(14)18-11/h3-7,9H,8,15H2,1-2H3. The van der Waals surface area contributed by atoms with Crippen molar-refractivity contribution >= 4 is 28.8 Å². The molecule has 96 valence electrons. The Labute approximate surface area is 116 Å². The summed E-state index contributed by atoms with van der Waals surface area (Å²) in [5.74, 6) is 0.925. The van der Waals surface area contributed by atoms with Crippen molar-refractivity contribution in [3.05, 3.63) is 45.2 Å². The SMILES string of the molecule is CC(N)c1ccnc(N(C)Cc2ccc(Cl)s2)c1. The van der Waals surface area contributed by atoms with Gasteiger partial charge in [-0.25, -0.2) is 4.98 Å². The van der Waals surface area contributed by atoms with E-state index >= 15 is 0 Å². The lowest BCUT2D eigenvalue weighted by Crippen LogP contribution is -2.17. The molecule has 2 rings (SSSR count). The number of nitrogens with two attached hydrogens (primary N) is 1. The third-order valence-electron chi connectivity index (χ3n) is 2.71. The number of rotatable bonds is 4. The zero-order valence-electron chi connectivity index (χ0n) is 10.4. The van der Waals surface area contributed by atoms with E-state index in [9.17, 15) is 0 Å². The monoisotopic (exact) mass is 281 g/mol. The Bertz CT molecular complexity index is 524. The fraction of sp³-hybridized carbons (Fsp3) is 0.308. The highest BCUT2D eigenvalue weighted by Gasteiger charge is 2.07. The summed E-state index contributed by atoms with van der Waals surface area (Å²) in [6.07, 6.45) is 1.80. The van der Waals surface area contributed by atoms with E-state index in [1.54, 1.807) is 17.5 Å². The van der Waals surface area contributed by atoms with Crippen molar-refractivity contribution in [2.45, 2.75) is 19.5 Å². The normalized spacial score (nSPS) is 12.4. The van der Waals surface area contributed by atoms with Crippen LogP contribution in [0, 0.1) is 0 Å². The minimum absolute atomic E-state index is 0.0244. The molecular formula is C13H16ClN3S. The Hall–Kier alpha value is -1.10. The van der Waals surface area contributed by atoms with Gasteiger partial charge in [-0.3, -0.25) is 0 Å². The molecule has 0 aliphatic heterocycles. The molecule has 0 aromatic carbocycles. The molecule has 1 unspecified atom stereocenters. The molecule has 0 radical (unpaired) electrons. The van der Waals surface area contributed by atoms with Gasteiger partial charge >= 0.3 is 0 Å². The highest BCUT2D eigenvalue weighted by atomic mass is 35.5. The molecule has 2 aromatic rings. The van der Waals surface area contributed by atoms with Crippen LogP contribution in [0.25, 0.3) is 0 Å². The van der Waals surface area contributed by atoms with Crippen LogP contribution in [-0.4, -0.2) is 12.0 Å². The third-order valence-corrected chi connectivity index (χ3v) is 3.92. The largest absolute Gasteiger partial charge is 0.355 e.